The summed E-state index contributed by atoms with van der Waals surface area (Å²) in [6, 6.07) is 5.74. The summed E-state index contributed by atoms with van der Waals surface area (Å²) in [5.41, 5.74) is 3.80. The summed E-state index contributed by atoms with van der Waals surface area (Å²) >= 11 is 5.07. The molecule has 1 aromatic rings. The number of hydrazone groups is 1. The Bertz CT molecular complexity index is 518. The number of hydrazine groups is 1. The average Bonchev–Trinajstić information content (AvgIpc) is 2.54. The molecule has 0 aromatic heterocycles. The highest BCUT2D eigenvalue weighted by Gasteiger charge is 2.06. The van der Waals surface area contributed by atoms with Gasteiger partial charge in [0.25, 0.3) is 0 Å². The van der Waals surface area contributed by atoms with Crippen molar-refractivity contribution in [1.29, 1.82) is 0 Å². The third-order valence-corrected chi connectivity index (χ3v) is 3.02. The number of benzene rings is 1. The molecule has 0 saturated carbocycles. The minimum atomic E-state index is 0.502. The van der Waals surface area contributed by atoms with Gasteiger partial charge in [-0.3, -0.25) is 0 Å². The van der Waals surface area contributed by atoms with Gasteiger partial charge in [-0.25, -0.2) is 0 Å². The molecule has 0 spiro atoms. The molecule has 22 heavy (non-hydrogen) atoms. The predicted octanol–water partition coefficient (Wildman–Crippen LogP) is 0.939. The van der Waals surface area contributed by atoms with Crippen LogP contribution in [-0.2, 0) is 0 Å². The van der Waals surface area contributed by atoms with Crippen LogP contribution >= 0.6 is 12.2 Å². The predicted molar refractivity (Wildman–Crippen MR) is 93.5 cm³/mol. The fourth-order valence-electron chi connectivity index (χ4n) is 1.61. The lowest BCUT2D eigenvalue weighted by Crippen LogP contribution is -2.82. The average molecular weight is 322 g/mol. The summed E-state index contributed by atoms with van der Waals surface area (Å²) in [5.74, 6) is 1.46. The molecular weight excluding hydrogens is 298 g/mol. The van der Waals surface area contributed by atoms with Crippen LogP contribution in [0, 0.1) is 0 Å². The molecule has 0 radical (unpaired) electrons. The van der Waals surface area contributed by atoms with Crippen molar-refractivity contribution in [2.45, 2.75) is 19.8 Å². The SMILES string of the molecule is C=CCNC(=S)N[NH+]=Cc1ccc(OCCCC)c(OC)c1. The van der Waals surface area contributed by atoms with Crippen molar-refractivity contribution >= 4 is 23.5 Å². The number of ether oxygens (including phenoxy) is 2. The summed E-state index contributed by atoms with van der Waals surface area (Å²) < 4.78 is 11.1. The molecule has 6 heteroatoms. The highest BCUT2D eigenvalue weighted by Crippen LogP contribution is 2.27. The van der Waals surface area contributed by atoms with Gasteiger partial charge in [0.2, 0.25) is 5.11 Å². The van der Waals surface area contributed by atoms with Crippen LogP contribution in [0.15, 0.2) is 30.9 Å². The molecule has 1 aromatic carbocycles. The molecule has 120 valence electrons. The normalized spacial score (nSPS) is 10.3. The van der Waals surface area contributed by atoms with E-state index in [4.69, 9.17) is 21.7 Å². The number of rotatable bonds is 9. The van der Waals surface area contributed by atoms with Gasteiger partial charge in [-0.05, 0) is 36.8 Å². The number of hydrogen-bond acceptors (Lipinski definition) is 3. The second-order valence-corrected chi connectivity index (χ2v) is 4.93. The van der Waals surface area contributed by atoms with Crippen LogP contribution in [0.5, 0.6) is 11.5 Å². The van der Waals surface area contributed by atoms with Crippen LogP contribution < -0.4 is 25.3 Å². The van der Waals surface area contributed by atoms with Crippen LogP contribution in [0.25, 0.3) is 0 Å². The lowest BCUT2D eigenvalue weighted by atomic mass is 10.2. The fraction of sp³-hybridized carbons (Fsp3) is 0.375. The summed E-state index contributed by atoms with van der Waals surface area (Å²) in [4.78, 5) is 0. The molecule has 1 rings (SSSR count). The first-order valence-electron chi connectivity index (χ1n) is 7.25. The van der Waals surface area contributed by atoms with Gasteiger partial charge in [0.05, 0.1) is 13.7 Å². The molecule has 0 aliphatic heterocycles. The molecule has 0 bridgehead atoms. The van der Waals surface area contributed by atoms with Crippen molar-refractivity contribution in [3.63, 3.8) is 0 Å². The largest absolute Gasteiger partial charge is 0.493 e. The summed E-state index contributed by atoms with van der Waals surface area (Å²) in [6.07, 6.45) is 5.65. The topological polar surface area (TPSA) is 56.5 Å². The van der Waals surface area contributed by atoms with Gasteiger partial charge in [0.1, 0.15) is 0 Å². The lowest BCUT2D eigenvalue weighted by molar-refractivity contribution is -0.500. The first kappa shape index (κ1) is 18.0. The monoisotopic (exact) mass is 322 g/mol. The van der Waals surface area contributed by atoms with Crippen molar-refractivity contribution in [1.82, 2.24) is 10.7 Å². The number of nitrogens with one attached hydrogen (secondary N) is 3. The zero-order chi connectivity index (χ0) is 16.2. The first-order chi connectivity index (χ1) is 10.7. The fourth-order valence-corrected chi connectivity index (χ4v) is 1.76. The van der Waals surface area contributed by atoms with Crippen LogP contribution in [0.2, 0.25) is 0 Å². The maximum absolute atomic E-state index is 5.70. The number of methoxy groups -OCH3 is 1. The Morgan fingerprint density at radius 2 is 2.23 bits per heavy atom. The number of hydrogen-bond donors (Lipinski definition) is 3. The Morgan fingerprint density at radius 1 is 1.41 bits per heavy atom. The Kier molecular flexibility index (Phi) is 8.67. The Hall–Kier alpha value is -2.08. The number of thiocarbonyl (C=S) groups is 1. The first-order valence-corrected chi connectivity index (χ1v) is 7.66. The highest BCUT2D eigenvalue weighted by atomic mass is 32.1. The quantitative estimate of drug-likeness (QED) is 0.208. The van der Waals surface area contributed by atoms with E-state index in [0.29, 0.717) is 24.0 Å². The Balaban J connectivity index is 2.60. The second-order valence-electron chi connectivity index (χ2n) is 4.52. The summed E-state index contributed by atoms with van der Waals surface area (Å²) in [6.45, 7) is 7.05. The molecule has 0 unspecified atom stereocenters. The standard InChI is InChI=1S/C16H23N3O2S/c1-4-6-10-21-14-8-7-13(11-15(14)20-3)12-18-19-16(22)17-9-5-2/h5,7-8,11-12H,2,4,6,9-10H2,1,3H3,(H2,17,19,22)/p+1. The van der Waals surface area contributed by atoms with Gasteiger partial charge in [-0.15, -0.1) is 17.1 Å². The minimum absolute atomic E-state index is 0.502. The van der Waals surface area contributed by atoms with E-state index in [-0.39, 0.29) is 0 Å². The van der Waals surface area contributed by atoms with Gasteiger partial charge in [0.15, 0.2) is 17.7 Å². The molecule has 0 atom stereocenters. The van der Waals surface area contributed by atoms with Gasteiger partial charge in [-0.2, -0.15) is 0 Å². The molecule has 0 fully saturated rings. The van der Waals surface area contributed by atoms with Crippen LogP contribution in [-0.4, -0.2) is 31.6 Å². The van der Waals surface area contributed by atoms with E-state index < -0.39 is 0 Å². The van der Waals surface area contributed by atoms with Gasteiger partial charge < -0.3 is 14.8 Å². The molecule has 3 N–H and O–H groups in total. The van der Waals surface area contributed by atoms with E-state index in [1.807, 2.05) is 18.2 Å². The van der Waals surface area contributed by atoms with E-state index in [1.54, 1.807) is 19.4 Å². The maximum atomic E-state index is 5.70. The van der Waals surface area contributed by atoms with Crippen LogP contribution in [0.3, 0.4) is 0 Å². The zero-order valence-electron chi connectivity index (χ0n) is 13.1. The van der Waals surface area contributed by atoms with E-state index in [2.05, 4.69) is 29.3 Å². The van der Waals surface area contributed by atoms with Crippen LogP contribution in [0.1, 0.15) is 25.3 Å². The molecular formula is C16H24N3O2S+. The van der Waals surface area contributed by atoms with E-state index in [0.717, 1.165) is 24.2 Å². The Morgan fingerprint density at radius 3 is 2.91 bits per heavy atom. The summed E-state index contributed by atoms with van der Waals surface area (Å²) in [7, 11) is 1.63. The van der Waals surface area contributed by atoms with Crippen LogP contribution in [0.4, 0.5) is 0 Å². The van der Waals surface area contributed by atoms with Crippen molar-refractivity contribution in [3.05, 3.63) is 36.4 Å². The smallest absolute Gasteiger partial charge is 0.224 e. The van der Waals surface area contributed by atoms with Crippen molar-refractivity contribution in [2.24, 2.45) is 0 Å². The van der Waals surface area contributed by atoms with Crippen molar-refractivity contribution < 1.29 is 14.6 Å². The van der Waals surface area contributed by atoms with Crippen molar-refractivity contribution in [2.75, 3.05) is 20.3 Å². The Labute approximate surface area is 137 Å². The van der Waals surface area contributed by atoms with E-state index in [9.17, 15) is 0 Å². The van der Waals surface area contributed by atoms with E-state index in [1.165, 1.54) is 0 Å². The molecule has 0 heterocycles. The lowest BCUT2D eigenvalue weighted by Gasteiger charge is -2.10. The molecule has 0 saturated heterocycles. The molecule has 5 nitrogen and oxygen atoms in total. The summed E-state index contributed by atoms with van der Waals surface area (Å²) in [5, 5.41) is 6.38. The number of unbranched alkanes of at least 4 members (excludes halogenated alkanes) is 1. The van der Waals surface area contributed by atoms with Gasteiger partial charge >= 0.3 is 0 Å². The third-order valence-electron chi connectivity index (χ3n) is 2.77. The van der Waals surface area contributed by atoms with E-state index >= 15 is 0 Å². The second kappa shape index (κ2) is 10.6. The van der Waals surface area contributed by atoms with Gasteiger partial charge in [0, 0.05) is 12.1 Å². The highest BCUT2D eigenvalue weighted by molar-refractivity contribution is 7.80. The minimum Gasteiger partial charge on any atom is -0.493 e. The zero-order valence-corrected chi connectivity index (χ0v) is 14.0. The van der Waals surface area contributed by atoms with Gasteiger partial charge in [-0.1, -0.05) is 19.4 Å². The third kappa shape index (κ3) is 6.58. The molecule has 0 amide bonds. The maximum Gasteiger partial charge on any atom is 0.224 e. The molecule has 0 aliphatic rings. The van der Waals surface area contributed by atoms with Crippen molar-refractivity contribution in [3.8, 4) is 11.5 Å². The molecule has 0 aliphatic carbocycles.